The highest BCUT2D eigenvalue weighted by Gasteiger charge is 2.24. The number of halogens is 2. The number of aromatic carboxylic acids is 1. The van der Waals surface area contributed by atoms with Crippen molar-refractivity contribution in [3.63, 3.8) is 0 Å². The molecular weight excluding hydrogens is 496 g/mol. The largest absolute Gasteiger partial charge is 0.483 e. The molecule has 0 saturated heterocycles. The number of fused-ring (bicyclic) bond motifs is 1. The van der Waals surface area contributed by atoms with Gasteiger partial charge in [0.2, 0.25) is 0 Å². The molecule has 0 unspecified atom stereocenters. The summed E-state index contributed by atoms with van der Waals surface area (Å²) in [6.07, 6.45) is 1.01. The fourth-order valence-corrected chi connectivity index (χ4v) is 3.89. The number of sulfone groups is 1. The lowest BCUT2D eigenvalue weighted by Gasteiger charge is -2.13. The molecule has 0 aliphatic carbocycles. The standard InChI is InChI=1S/C25H19F2NO7S/c1-36(32,33)13-28-19-11-21-18(10-22(19)34-12-20(29)14-2-6-16(26)7-3-14)23(25(30)31)24(35-21)15-4-8-17(27)9-5-15/h2-11,28H,12-13H2,1H3,(H,30,31). The Hall–Kier alpha value is -4.25. The molecule has 36 heavy (non-hydrogen) atoms. The summed E-state index contributed by atoms with van der Waals surface area (Å²) in [6.45, 7) is -0.490. The summed E-state index contributed by atoms with van der Waals surface area (Å²) in [5.41, 5.74) is 0.512. The Balaban J connectivity index is 1.77. The second-order valence-corrected chi connectivity index (χ2v) is 10.1. The van der Waals surface area contributed by atoms with Crippen LogP contribution in [0.25, 0.3) is 22.3 Å². The number of nitrogens with one attached hydrogen (secondary N) is 1. The minimum Gasteiger partial charge on any atom is -0.483 e. The van der Waals surface area contributed by atoms with Gasteiger partial charge in [-0.25, -0.2) is 22.0 Å². The molecule has 0 radical (unpaired) electrons. The van der Waals surface area contributed by atoms with E-state index in [0.29, 0.717) is 5.56 Å². The molecule has 0 fully saturated rings. The van der Waals surface area contributed by atoms with Crippen LogP contribution in [-0.4, -0.2) is 44.0 Å². The normalized spacial score (nSPS) is 11.4. The average Bonchev–Trinajstić information content (AvgIpc) is 3.19. The van der Waals surface area contributed by atoms with Crippen molar-refractivity contribution in [1.82, 2.24) is 0 Å². The van der Waals surface area contributed by atoms with Crippen molar-refractivity contribution in [3.05, 3.63) is 83.4 Å². The van der Waals surface area contributed by atoms with Gasteiger partial charge in [-0.3, -0.25) is 4.79 Å². The molecule has 1 aromatic heterocycles. The van der Waals surface area contributed by atoms with Crippen LogP contribution in [0.1, 0.15) is 20.7 Å². The first-order valence-corrected chi connectivity index (χ1v) is 12.5. The number of carbonyl (C=O) groups is 2. The van der Waals surface area contributed by atoms with Crippen LogP contribution in [0.4, 0.5) is 14.5 Å². The minimum absolute atomic E-state index is 0.00410. The van der Waals surface area contributed by atoms with E-state index in [1.54, 1.807) is 0 Å². The molecule has 11 heteroatoms. The Labute approximate surface area is 204 Å². The van der Waals surface area contributed by atoms with E-state index in [4.69, 9.17) is 9.15 Å². The number of hydrogen-bond donors (Lipinski definition) is 2. The third-order valence-electron chi connectivity index (χ3n) is 5.16. The number of carboxylic acid groups (broad SMARTS) is 1. The molecule has 8 nitrogen and oxygen atoms in total. The number of ketones is 1. The van der Waals surface area contributed by atoms with Crippen molar-refractivity contribution in [2.45, 2.75) is 0 Å². The number of rotatable bonds is 9. The Morgan fingerprint density at radius 2 is 1.61 bits per heavy atom. The lowest BCUT2D eigenvalue weighted by molar-refractivity contribution is 0.0698. The van der Waals surface area contributed by atoms with E-state index in [-0.39, 0.29) is 39.3 Å². The van der Waals surface area contributed by atoms with Crippen LogP contribution < -0.4 is 10.1 Å². The van der Waals surface area contributed by atoms with Crippen LogP contribution in [0.15, 0.2) is 65.1 Å². The van der Waals surface area contributed by atoms with Gasteiger partial charge in [0.1, 0.15) is 40.2 Å². The van der Waals surface area contributed by atoms with Crippen LogP contribution in [0, 0.1) is 11.6 Å². The monoisotopic (exact) mass is 515 g/mol. The third kappa shape index (κ3) is 5.52. The van der Waals surface area contributed by atoms with Gasteiger partial charge in [-0.15, -0.1) is 0 Å². The van der Waals surface area contributed by atoms with E-state index in [0.717, 1.165) is 30.5 Å². The molecule has 0 bridgehead atoms. The quantitative estimate of drug-likeness (QED) is 0.306. The Morgan fingerprint density at radius 1 is 1.00 bits per heavy atom. The number of carboxylic acids is 1. The molecule has 0 aliphatic heterocycles. The van der Waals surface area contributed by atoms with E-state index < -0.39 is 45.7 Å². The number of furan rings is 1. The summed E-state index contributed by atoms with van der Waals surface area (Å²) < 4.78 is 61.3. The van der Waals surface area contributed by atoms with Crippen LogP contribution in [0.3, 0.4) is 0 Å². The number of anilines is 1. The van der Waals surface area contributed by atoms with Crippen LogP contribution in [0.5, 0.6) is 5.75 Å². The molecule has 186 valence electrons. The first-order valence-electron chi connectivity index (χ1n) is 10.4. The van der Waals surface area contributed by atoms with E-state index in [9.17, 15) is 31.9 Å². The van der Waals surface area contributed by atoms with Gasteiger partial charge < -0.3 is 19.6 Å². The van der Waals surface area contributed by atoms with Crippen molar-refractivity contribution in [1.29, 1.82) is 0 Å². The zero-order valence-corrected chi connectivity index (χ0v) is 19.6. The molecule has 4 rings (SSSR count). The van der Waals surface area contributed by atoms with E-state index in [2.05, 4.69) is 5.32 Å². The van der Waals surface area contributed by atoms with Gasteiger partial charge in [0.05, 0.1) is 5.69 Å². The topological polar surface area (TPSA) is 123 Å². The first-order chi connectivity index (χ1) is 17.0. The highest BCUT2D eigenvalue weighted by Crippen LogP contribution is 2.39. The zero-order chi connectivity index (χ0) is 26.0. The maximum Gasteiger partial charge on any atom is 0.340 e. The third-order valence-corrected chi connectivity index (χ3v) is 5.83. The molecule has 0 amide bonds. The van der Waals surface area contributed by atoms with Gasteiger partial charge in [-0.05, 0) is 54.6 Å². The number of hydrogen-bond acceptors (Lipinski definition) is 7. The van der Waals surface area contributed by atoms with Crippen LogP contribution in [-0.2, 0) is 9.84 Å². The fraction of sp³-hybridized carbons (Fsp3) is 0.120. The van der Waals surface area contributed by atoms with Gasteiger partial charge in [0.25, 0.3) is 0 Å². The lowest BCUT2D eigenvalue weighted by Crippen LogP contribution is -2.15. The lowest BCUT2D eigenvalue weighted by atomic mass is 10.0. The molecule has 1 heterocycles. The maximum atomic E-state index is 13.4. The average molecular weight is 515 g/mol. The summed E-state index contributed by atoms with van der Waals surface area (Å²) >= 11 is 0. The summed E-state index contributed by atoms with van der Waals surface area (Å²) in [7, 11) is -3.46. The molecule has 3 aromatic carbocycles. The summed E-state index contributed by atoms with van der Waals surface area (Å²) in [5, 5.41) is 12.7. The van der Waals surface area contributed by atoms with Crippen molar-refractivity contribution in [2.75, 3.05) is 24.1 Å². The highest BCUT2D eigenvalue weighted by molar-refractivity contribution is 7.90. The van der Waals surface area contributed by atoms with Gasteiger partial charge in [0.15, 0.2) is 22.2 Å². The van der Waals surface area contributed by atoms with Gasteiger partial charge in [-0.1, -0.05) is 0 Å². The van der Waals surface area contributed by atoms with Crippen molar-refractivity contribution in [3.8, 4) is 17.1 Å². The van der Waals surface area contributed by atoms with E-state index >= 15 is 0 Å². The maximum absolute atomic E-state index is 13.4. The van der Waals surface area contributed by atoms with E-state index in [1.807, 2.05) is 0 Å². The minimum atomic E-state index is -3.46. The summed E-state index contributed by atoms with van der Waals surface area (Å²) in [4.78, 5) is 24.6. The van der Waals surface area contributed by atoms with Crippen LogP contribution in [0.2, 0.25) is 0 Å². The predicted molar refractivity (Wildman–Crippen MR) is 128 cm³/mol. The smallest absolute Gasteiger partial charge is 0.340 e. The first kappa shape index (κ1) is 24.9. The molecule has 4 aromatic rings. The number of Topliss-reactive ketones (excluding diaryl/α,β-unsaturated/α-hetero) is 1. The Kier molecular flexibility index (Phi) is 6.75. The SMILES string of the molecule is CS(=O)(=O)CNc1cc2oc(-c3ccc(F)cc3)c(C(=O)O)c2cc1OCC(=O)c1ccc(F)cc1. The highest BCUT2D eigenvalue weighted by atomic mass is 32.2. The Bertz CT molecular complexity index is 1560. The molecule has 0 spiro atoms. The Morgan fingerprint density at radius 3 is 2.19 bits per heavy atom. The summed E-state index contributed by atoms with van der Waals surface area (Å²) in [6, 6.07) is 12.5. The van der Waals surface area contributed by atoms with Crippen molar-refractivity contribution >= 4 is 38.2 Å². The molecular formula is C25H19F2NO7S. The van der Waals surface area contributed by atoms with Gasteiger partial charge in [0, 0.05) is 28.8 Å². The molecule has 2 N–H and O–H groups in total. The molecule has 0 saturated carbocycles. The van der Waals surface area contributed by atoms with E-state index in [1.165, 1.54) is 36.4 Å². The molecule has 0 atom stereocenters. The van der Waals surface area contributed by atoms with Gasteiger partial charge >= 0.3 is 5.97 Å². The second kappa shape index (κ2) is 9.78. The number of ether oxygens (including phenoxy) is 1. The zero-order valence-electron chi connectivity index (χ0n) is 18.7. The fourth-order valence-electron chi connectivity index (χ4n) is 3.47. The second-order valence-electron chi connectivity index (χ2n) is 7.93. The van der Waals surface area contributed by atoms with Crippen molar-refractivity contribution in [2.24, 2.45) is 0 Å². The predicted octanol–water partition coefficient (Wildman–Crippen LogP) is 4.75. The molecule has 0 aliphatic rings. The summed E-state index contributed by atoms with van der Waals surface area (Å²) in [5.74, 6) is -3.34. The van der Waals surface area contributed by atoms with Crippen LogP contribution >= 0.6 is 0 Å². The van der Waals surface area contributed by atoms with Gasteiger partial charge in [-0.2, -0.15) is 0 Å². The van der Waals surface area contributed by atoms with Crippen molar-refractivity contribution < 1.29 is 41.0 Å². The number of benzene rings is 3. The number of carbonyl (C=O) groups excluding carboxylic acids is 1.